The minimum absolute atomic E-state index is 0.00381. The number of oxazole rings is 1. The molecule has 10 rings (SSSR count). The highest BCUT2D eigenvalue weighted by Crippen LogP contribution is 2.55. The smallest absolute Gasteiger partial charge is 0.309 e. The quantitative estimate of drug-likeness (QED) is 0.104. The van der Waals surface area contributed by atoms with Crippen molar-refractivity contribution in [3.63, 3.8) is 0 Å². The number of aromatic nitrogens is 3. The van der Waals surface area contributed by atoms with Gasteiger partial charge in [-0.25, -0.2) is 9.67 Å². The molecule has 3 saturated carbocycles. The lowest BCUT2D eigenvalue weighted by atomic mass is 9.57. The molecule has 1 atom stereocenters. The Morgan fingerprint density at radius 1 is 1.02 bits per heavy atom. The number of aliphatic carboxylic acids is 1. The van der Waals surface area contributed by atoms with Gasteiger partial charge in [-0.3, -0.25) is 14.5 Å². The number of methoxy groups -OCH3 is 2. The van der Waals surface area contributed by atoms with Gasteiger partial charge >= 0.3 is 5.97 Å². The molecule has 306 valence electrons. The fourth-order valence-electron chi connectivity index (χ4n) is 9.87. The molecule has 6 aromatic rings. The molecule has 12 nitrogen and oxygen atoms in total. The van der Waals surface area contributed by atoms with Gasteiger partial charge in [0.05, 0.1) is 47.6 Å². The summed E-state index contributed by atoms with van der Waals surface area (Å²) in [5.74, 6) is 1.31. The van der Waals surface area contributed by atoms with Crippen LogP contribution >= 0.6 is 11.6 Å². The lowest BCUT2D eigenvalue weighted by molar-refractivity contribution is -0.160. The molecule has 1 aliphatic heterocycles. The highest BCUT2D eigenvalue weighted by atomic mass is 35.5. The molecular formula is C46H49ClN6O6. The number of ether oxygens (including phenoxy) is 2. The Morgan fingerprint density at radius 2 is 1.71 bits per heavy atom. The van der Waals surface area contributed by atoms with Crippen molar-refractivity contribution in [1.29, 1.82) is 0 Å². The summed E-state index contributed by atoms with van der Waals surface area (Å²) < 4.78 is 20.0. The molecule has 0 radical (unpaired) electrons. The first-order valence-electron chi connectivity index (χ1n) is 20.4. The molecule has 3 N–H and O–H groups in total. The van der Waals surface area contributed by atoms with E-state index < -0.39 is 11.4 Å². The van der Waals surface area contributed by atoms with Gasteiger partial charge in [0.1, 0.15) is 17.0 Å². The van der Waals surface area contributed by atoms with E-state index >= 15 is 0 Å². The van der Waals surface area contributed by atoms with Gasteiger partial charge in [-0.15, -0.1) is 0 Å². The van der Waals surface area contributed by atoms with Gasteiger partial charge in [0.2, 0.25) is 11.8 Å². The molecule has 13 heteroatoms. The summed E-state index contributed by atoms with van der Waals surface area (Å²) in [6.45, 7) is 3.95. The predicted octanol–water partition coefficient (Wildman–Crippen LogP) is 8.46. The van der Waals surface area contributed by atoms with Crippen molar-refractivity contribution in [1.82, 2.24) is 30.3 Å². The predicted molar refractivity (Wildman–Crippen MR) is 227 cm³/mol. The summed E-state index contributed by atoms with van der Waals surface area (Å²) in [4.78, 5) is 31.1. The number of amides is 1. The Morgan fingerprint density at radius 3 is 2.39 bits per heavy atom. The zero-order valence-corrected chi connectivity index (χ0v) is 34.6. The first kappa shape index (κ1) is 39.1. The van der Waals surface area contributed by atoms with E-state index in [-0.39, 0.29) is 17.5 Å². The summed E-state index contributed by atoms with van der Waals surface area (Å²) in [5, 5.41) is 22.7. The maximum atomic E-state index is 12.0. The van der Waals surface area contributed by atoms with Crippen molar-refractivity contribution in [2.24, 2.45) is 5.41 Å². The van der Waals surface area contributed by atoms with Crippen LogP contribution in [0, 0.1) is 12.3 Å². The third kappa shape index (κ3) is 6.90. The number of nitrogens with zero attached hydrogens (tertiary/aromatic N) is 4. The van der Waals surface area contributed by atoms with Crippen LogP contribution in [-0.4, -0.2) is 76.0 Å². The van der Waals surface area contributed by atoms with Crippen molar-refractivity contribution in [2.75, 3.05) is 27.8 Å². The van der Waals surface area contributed by atoms with Crippen molar-refractivity contribution in [2.45, 2.75) is 83.0 Å². The minimum Gasteiger partial charge on any atom is -0.496 e. The molecule has 2 aromatic heterocycles. The first-order valence-corrected chi connectivity index (χ1v) is 20.8. The molecule has 4 aromatic carbocycles. The Bertz CT molecular complexity index is 2570. The van der Waals surface area contributed by atoms with Crippen LogP contribution in [0.2, 0.25) is 5.02 Å². The van der Waals surface area contributed by atoms with E-state index in [4.69, 9.17) is 35.6 Å². The molecule has 1 amide bonds. The molecule has 0 unspecified atom stereocenters. The second kappa shape index (κ2) is 15.3. The Kier molecular flexibility index (Phi) is 10.1. The first-order chi connectivity index (χ1) is 28.5. The molecule has 0 spiro atoms. The van der Waals surface area contributed by atoms with Crippen molar-refractivity contribution >= 4 is 45.5 Å². The third-order valence-corrected chi connectivity index (χ3v) is 13.8. The summed E-state index contributed by atoms with van der Waals surface area (Å²) in [6.07, 6.45) is 8.15. The van der Waals surface area contributed by atoms with Gasteiger partial charge < -0.3 is 29.6 Å². The number of rotatable bonds is 13. The highest BCUT2D eigenvalue weighted by Gasteiger charge is 2.54. The average molecular weight is 817 g/mol. The summed E-state index contributed by atoms with van der Waals surface area (Å²) >= 11 is 6.89. The van der Waals surface area contributed by atoms with Crippen LogP contribution in [-0.2, 0) is 22.7 Å². The lowest BCUT2D eigenvalue weighted by Crippen LogP contribution is -2.56. The molecule has 4 aliphatic rings. The SMILES string of the molecule is COc1cc(-n2ncc3c(-c4cccc(-c5nc6cc(CN(C)C78CCC(C(=O)O)(CC7)CC8)cc(Cl)c6o5)c4C)cccc32)cc(OC)c1CNC[C@@H]1CCC(=O)N1. The van der Waals surface area contributed by atoms with Crippen LogP contribution in [0.4, 0.5) is 0 Å². The maximum absolute atomic E-state index is 12.0. The number of hydrogen-bond donors (Lipinski definition) is 3. The topological polar surface area (TPSA) is 144 Å². The average Bonchev–Trinajstić information content (AvgIpc) is 4.00. The molecule has 3 aliphatic carbocycles. The van der Waals surface area contributed by atoms with Crippen LogP contribution in [0.3, 0.4) is 0 Å². The zero-order chi connectivity index (χ0) is 41.1. The molecule has 2 bridgehead atoms. The van der Waals surface area contributed by atoms with E-state index in [2.05, 4.69) is 53.8 Å². The van der Waals surface area contributed by atoms with E-state index in [1.807, 2.05) is 47.3 Å². The number of carboxylic acid groups (broad SMARTS) is 1. The van der Waals surface area contributed by atoms with Crippen molar-refractivity contribution in [3.05, 3.63) is 88.6 Å². The van der Waals surface area contributed by atoms with E-state index in [9.17, 15) is 14.7 Å². The number of benzene rings is 4. The number of fused-ring (bicyclic) bond motifs is 5. The fraction of sp³-hybridized carbons (Fsp3) is 0.391. The third-order valence-electron chi connectivity index (χ3n) is 13.5. The van der Waals surface area contributed by atoms with Crippen LogP contribution in [0.1, 0.15) is 68.1 Å². The van der Waals surface area contributed by atoms with Gasteiger partial charge in [-0.05, 0) is 105 Å². The highest BCUT2D eigenvalue weighted by molar-refractivity contribution is 6.34. The normalized spacial score (nSPS) is 21.5. The maximum Gasteiger partial charge on any atom is 0.309 e. The monoisotopic (exact) mass is 816 g/mol. The van der Waals surface area contributed by atoms with Crippen LogP contribution in [0.5, 0.6) is 11.5 Å². The van der Waals surface area contributed by atoms with Crippen molar-refractivity contribution in [3.8, 4) is 39.8 Å². The lowest BCUT2D eigenvalue weighted by Gasteiger charge is -2.55. The molecule has 3 heterocycles. The summed E-state index contributed by atoms with van der Waals surface area (Å²) in [5.41, 5.74) is 8.32. The van der Waals surface area contributed by atoms with E-state index in [0.717, 1.165) is 94.9 Å². The minimum atomic E-state index is -0.638. The molecule has 1 saturated heterocycles. The molecule has 59 heavy (non-hydrogen) atoms. The van der Waals surface area contributed by atoms with E-state index in [0.29, 0.717) is 59.6 Å². The van der Waals surface area contributed by atoms with E-state index in [1.165, 1.54) is 0 Å². The second-order valence-corrected chi connectivity index (χ2v) is 17.1. The number of hydrogen-bond acceptors (Lipinski definition) is 9. The number of halogens is 1. The standard InChI is InChI=1S/C46H49ClN6O6/c1-27-31(33-9-6-10-38-34(33)25-49-53(38)30-21-39(57-3)35(40(22-30)58-4)24-48-23-29-11-12-41(54)50-29)7-5-8-32(27)43-51-37-20-28(19-36(47)42(37)59-43)26-52(2)46-16-13-45(14-17-46,15-18-46)44(55)56/h5-10,19-22,25,29,48H,11-18,23-24,26H2,1-4H3,(H,50,54)(H,55,56)/t29-,45?,46?/m0/s1. The van der Waals surface area contributed by atoms with Gasteiger partial charge in [0.15, 0.2) is 5.58 Å². The van der Waals surface area contributed by atoms with Crippen molar-refractivity contribution < 1.29 is 28.6 Å². The number of carbonyl (C=O) groups is 2. The van der Waals surface area contributed by atoms with E-state index in [1.54, 1.807) is 14.2 Å². The summed E-state index contributed by atoms with van der Waals surface area (Å²) in [6, 6.07) is 20.4. The fourth-order valence-corrected chi connectivity index (χ4v) is 10.1. The van der Waals surface area contributed by atoms with Crippen LogP contribution in [0.25, 0.3) is 50.3 Å². The molecule has 4 fully saturated rings. The Hall–Kier alpha value is -5.43. The zero-order valence-electron chi connectivity index (χ0n) is 33.9. The van der Waals surface area contributed by atoms with Gasteiger partial charge in [-0.2, -0.15) is 5.10 Å². The number of nitrogens with one attached hydrogen (secondary N) is 2. The summed E-state index contributed by atoms with van der Waals surface area (Å²) in [7, 11) is 5.45. The van der Waals surface area contributed by atoms with Crippen LogP contribution < -0.4 is 20.1 Å². The Labute approximate surface area is 347 Å². The van der Waals surface area contributed by atoms with Gasteiger partial charge in [0, 0.05) is 60.7 Å². The number of carboxylic acids is 1. The van der Waals surface area contributed by atoms with Gasteiger partial charge in [-0.1, -0.05) is 35.9 Å². The number of carbonyl (C=O) groups excluding carboxylic acids is 1. The molecular weight excluding hydrogens is 768 g/mol. The van der Waals surface area contributed by atoms with Gasteiger partial charge in [0.25, 0.3) is 0 Å². The second-order valence-electron chi connectivity index (χ2n) is 16.6. The largest absolute Gasteiger partial charge is 0.496 e. The Balaban J connectivity index is 0.980. The van der Waals surface area contributed by atoms with Crippen LogP contribution in [0.15, 0.2) is 71.3 Å².